The van der Waals surface area contributed by atoms with E-state index in [9.17, 15) is 4.79 Å². The number of rotatable bonds is 6. The summed E-state index contributed by atoms with van der Waals surface area (Å²) < 4.78 is 4.90. The van der Waals surface area contributed by atoms with Gasteiger partial charge < -0.3 is 4.74 Å². The first-order valence-corrected chi connectivity index (χ1v) is 5.60. The van der Waals surface area contributed by atoms with E-state index in [4.69, 9.17) is 16.3 Å². The summed E-state index contributed by atoms with van der Waals surface area (Å²) in [4.78, 5) is 13.3. The maximum absolute atomic E-state index is 11.3. The Morgan fingerprint density at radius 1 is 1.47 bits per heavy atom. The first-order valence-electron chi connectivity index (χ1n) is 5.16. The van der Waals surface area contributed by atoms with Crippen molar-refractivity contribution in [3.63, 3.8) is 0 Å². The lowest BCUT2D eigenvalue weighted by molar-refractivity contribution is -0.144. The molecule has 0 aliphatic rings. The highest BCUT2D eigenvalue weighted by atomic mass is 35.5. The fraction of sp³-hybridized carbons (Fsp3) is 0.727. The number of carbonyl (C=O) groups is 1. The quantitative estimate of drug-likeness (QED) is 0.660. The highest BCUT2D eigenvalue weighted by Gasteiger charge is 2.14. The second-order valence-electron chi connectivity index (χ2n) is 3.76. The Hall–Kier alpha value is -0.540. The number of nitrogens with zero attached hydrogens (tertiary/aromatic N) is 1. The van der Waals surface area contributed by atoms with E-state index in [0.29, 0.717) is 25.7 Å². The lowest BCUT2D eigenvalue weighted by atomic mass is 10.2. The summed E-state index contributed by atoms with van der Waals surface area (Å²) in [6.07, 6.45) is 0. The second kappa shape index (κ2) is 7.71. The maximum Gasteiger partial charge on any atom is 0.320 e. The van der Waals surface area contributed by atoms with Gasteiger partial charge in [0.2, 0.25) is 0 Å². The van der Waals surface area contributed by atoms with Gasteiger partial charge in [-0.2, -0.15) is 0 Å². The number of esters is 1. The Morgan fingerprint density at radius 3 is 2.47 bits per heavy atom. The van der Waals surface area contributed by atoms with Gasteiger partial charge in [0.1, 0.15) is 0 Å². The van der Waals surface area contributed by atoms with Gasteiger partial charge in [0.05, 0.1) is 13.2 Å². The average Bonchev–Trinajstić information content (AvgIpc) is 2.16. The Balaban J connectivity index is 4.22. The molecule has 0 unspecified atom stereocenters. The van der Waals surface area contributed by atoms with Crippen molar-refractivity contribution in [3.05, 3.63) is 11.1 Å². The minimum Gasteiger partial charge on any atom is -0.465 e. The van der Waals surface area contributed by atoms with Gasteiger partial charge in [-0.25, -0.2) is 0 Å². The molecule has 0 aromatic rings. The molecule has 0 rings (SSSR count). The van der Waals surface area contributed by atoms with E-state index in [-0.39, 0.29) is 5.97 Å². The summed E-state index contributed by atoms with van der Waals surface area (Å²) in [7, 11) is 0. The molecule has 0 saturated heterocycles. The summed E-state index contributed by atoms with van der Waals surface area (Å²) in [6, 6.07) is 0.293. The van der Waals surface area contributed by atoms with Crippen LogP contribution in [0.3, 0.4) is 0 Å². The average molecular weight is 234 g/mol. The van der Waals surface area contributed by atoms with Crippen molar-refractivity contribution in [2.75, 3.05) is 19.7 Å². The van der Waals surface area contributed by atoms with Gasteiger partial charge in [0.25, 0.3) is 0 Å². The van der Waals surface area contributed by atoms with Crippen LogP contribution in [0.25, 0.3) is 0 Å². The maximum atomic E-state index is 11.3. The molecule has 0 saturated carbocycles. The van der Waals surface area contributed by atoms with Crippen LogP contribution in [0.1, 0.15) is 27.7 Å². The third kappa shape index (κ3) is 6.52. The van der Waals surface area contributed by atoms with Crippen molar-refractivity contribution in [3.8, 4) is 0 Å². The number of hydrogen-bond donors (Lipinski definition) is 0. The molecule has 0 radical (unpaired) electrons. The predicted octanol–water partition coefficient (Wildman–Crippen LogP) is 2.40. The van der Waals surface area contributed by atoms with E-state index in [1.165, 1.54) is 0 Å². The predicted molar refractivity (Wildman–Crippen MR) is 63.0 cm³/mol. The van der Waals surface area contributed by atoms with Crippen molar-refractivity contribution >= 4 is 17.6 Å². The van der Waals surface area contributed by atoms with E-state index in [0.717, 1.165) is 5.57 Å². The number of hydrogen-bond acceptors (Lipinski definition) is 3. The molecule has 4 heteroatoms. The number of ether oxygens (including phenoxy) is 1. The summed E-state index contributed by atoms with van der Waals surface area (Å²) in [5.74, 6) is -0.187. The van der Waals surface area contributed by atoms with Gasteiger partial charge in [-0.05, 0) is 33.3 Å². The molecule has 0 heterocycles. The van der Waals surface area contributed by atoms with Gasteiger partial charge in [-0.15, -0.1) is 0 Å². The second-order valence-corrected chi connectivity index (χ2v) is 3.98. The van der Waals surface area contributed by atoms with Gasteiger partial charge >= 0.3 is 5.97 Å². The molecule has 0 bridgehead atoms. The smallest absolute Gasteiger partial charge is 0.320 e. The third-order valence-corrected chi connectivity index (χ3v) is 2.38. The molecule has 0 aromatic heterocycles. The zero-order valence-corrected chi connectivity index (χ0v) is 10.7. The van der Waals surface area contributed by atoms with E-state index in [1.54, 1.807) is 5.54 Å². The van der Waals surface area contributed by atoms with E-state index in [2.05, 4.69) is 0 Å². The zero-order valence-electron chi connectivity index (χ0n) is 9.92. The molecule has 15 heavy (non-hydrogen) atoms. The van der Waals surface area contributed by atoms with E-state index in [1.807, 2.05) is 32.6 Å². The van der Waals surface area contributed by atoms with Crippen LogP contribution in [0.2, 0.25) is 0 Å². The van der Waals surface area contributed by atoms with Crippen molar-refractivity contribution in [2.24, 2.45) is 0 Å². The van der Waals surface area contributed by atoms with Crippen LogP contribution in [0.5, 0.6) is 0 Å². The van der Waals surface area contributed by atoms with Crippen molar-refractivity contribution in [1.82, 2.24) is 4.90 Å². The summed E-state index contributed by atoms with van der Waals surface area (Å²) in [5.41, 5.74) is 2.58. The lowest BCUT2D eigenvalue weighted by Gasteiger charge is -2.25. The number of carbonyl (C=O) groups excluding carboxylic acids is 1. The van der Waals surface area contributed by atoms with Crippen LogP contribution in [0.15, 0.2) is 11.1 Å². The molecule has 0 spiro atoms. The van der Waals surface area contributed by atoms with Crippen LogP contribution < -0.4 is 0 Å². The molecule has 0 amide bonds. The van der Waals surface area contributed by atoms with E-state index >= 15 is 0 Å². The van der Waals surface area contributed by atoms with Crippen LogP contribution in [0.4, 0.5) is 0 Å². The Kier molecular flexibility index (Phi) is 7.44. The summed E-state index contributed by atoms with van der Waals surface area (Å²) in [5, 5.41) is 0. The summed E-state index contributed by atoms with van der Waals surface area (Å²) >= 11 is 5.59. The largest absolute Gasteiger partial charge is 0.465 e. The van der Waals surface area contributed by atoms with Crippen LogP contribution >= 0.6 is 11.6 Å². The molecule has 0 aliphatic heterocycles. The Morgan fingerprint density at radius 2 is 2.07 bits per heavy atom. The topological polar surface area (TPSA) is 29.5 Å². The standard InChI is InChI=1S/C11H20ClNO2/c1-5-15-11(14)8-13(9(2)3)7-10(4)6-12/h6,9H,5,7-8H2,1-4H3. The molecule has 0 N–H and O–H groups in total. The van der Waals surface area contributed by atoms with Crippen molar-refractivity contribution in [1.29, 1.82) is 0 Å². The van der Waals surface area contributed by atoms with Gasteiger partial charge in [0, 0.05) is 18.1 Å². The van der Waals surface area contributed by atoms with Gasteiger partial charge in [-0.1, -0.05) is 11.6 Å². The third-order valence-electron chi connectivity index (χ3n) is 2.01. The van der Waals surface area contributed by atoms with Crippen molar-refractivity contribution in [2.45, 2.75) is 33.7 Å². The Labute approximate surface area is 97.0 Å². The normalized spacial score (nSPS) is 12.3. The van der Waals surface area contributed by atoms with Crippen molar-refractivity contribution < 1.29 is 9.53 Å². The molecule has 0 fully saturated rings. The minimum atomic E-state index is -0.187. The summed E-state index contributed by atoms with van der Waals surface area (Å²) in [6.45, 7) is 9.26. The molecular formula is C11H20ClNO2. The molecule has 0 atom stereocenters. The molecule has 88 valence electrons. The Bertz CT molecular complexity index is 227. The lowest BCUT2D eigenvalue weighted by Crippen LogP contribution is -2.37. The van der Waals surface area contributed by atoms with Gasteiger partial charge in [-0.3, -0.25) is 9.69 Å². The SMILES string of the molecule is CCOC(=O)CN(CC(C)=CCl)C(C)C. The molecular weight excluding hydrogens is 214 g/mol. The highest BCUT2D eigenvalue weighted by molar-refractivity contribution is 6.25. The minimum absolute atomic E-state index is 0.187. The van der Waals surface area contributed by atoms with E-state index < -0.39 is 0 Å². The first-order chi connectivity index (χ1) is 7.01. The fourth-order valence-corrected chi connectivity index (χ4v) is 1.22. The van der Waals surface area contributed by atoms with Crippen LogP contribution in [-0.2, 0) is 9.53 Å². The monoisotopic (exact) mass is 233 g/mol. The highest BCUT2D eigenvalue weighted by Crippen LogP contribution is 2.05. The van der Waals surface area contributed by atoms with Gasteiger partial charge in [0.15, 0.2) is 0 Å². The molecule has 3 nitrogen and oxygen atoms in total. The zero-order chi connectivity index (χ0) is 11.8. The number of halogens is 1. The van der Waals surface area contributed by atoms with Crippen LogP contribution in [0, 0.1) is 0 Å². The van der Waals surface area contributed by atoms with Crippen LogP contribution in [-0.4, -0.2) is 36.6 Å². The molecule has 0 aromatic carbocycles. The molecule has 0 aliphatic carbocycles. The first kappa shape index (κ1) is 14.5. The fourth-order valence-electron chi connectivity index (χ4n) is 1.15.